The smallest absolute Gasteiger partial charge is 0.267 e. The van der Waals surface area contributed by atoms with Crippen LogP contribution in [0.1, 0.15) is 20.8 Å². The summed E-state index contributed by atoms with van der Waals surface area (Å²) in [4.78, 5) is 28.8. The molecular formula is C13H18N4O3. The number of ether oxygens (including phenoxy) is 1. The third-order valence-corrected chi connectivity index (χ3v) is 3.11. The van der Waals surface area contributed by atoms with Gasteiger partial charge < -0.3 is 20.7 Å². The lowest BCUT2D eigenvalue weighted by molar-refractivity contribution is -0.0175. The van der Waals surface area contributed by atoms with E-state index in [2.05, 4.69) is 15.2 Å². The summed E-state index contributed by atoms with van der Waals surface area (Å²) in [6, 6.07) is 2.96. The summed E-state index contributed by atoms with van der Waals surface area (Å²) < 4.78 is 5.55. The van der Waals surface area contributed by atoms with E-state index in [1.54, 1.807) is 0 Å². The maximum Gasteiger partial charge on any atom is 0.267 e. The zero-order valence-electron chi connectivity index (χ0n) is 11.3. The first kappa shape index (κ1) is 14.4. The van der Waals surface area contributed by atoms with Crippen LogP contribution in [0, 0.1) is 0 Å². The number of nitrogens with two attached hydrogens (primary N) is 1. The highest BCUT2D eigenvalue weighted by atomic mass is 16.5. The molecule has 0 bridgehead atoms. The molecule has 1 fully saturated rings. The normalized spacial score (nSPS) is 19.6. The predicted octanol–water partition coefficient (Wildman–Crippen LogP) is -0.759. The Morgan fingerprint density at radius 1 is 1.55 bits per heavy atom. The molecule has 1 aromatic heterocycles. The Morgan fingerprint density at radius 3 is 2.95 bits per heavy atom. The van der Waals surface area contributed by atoms with Crippen molar-refractivity contribution >= 4 is 11.8 Å². The SMILES string of the molecule is CN1CCOC(CNC(=O)c2ccc(C(N)=O)nc2)C1. The first-order chi connectivity index (χ1) is 9.56. The lowest BCUT2D eigenvalue weighted by Crippen LogP contribution is -2.45. The average Bonchev–Trinajstić information content (AvgIpc) is 2.45. The fourth-order valence-electron chi connectivity index (χ4n) is 1.97. The molecule has 1 aliphatic heterocycles. The maximum absolute atomic E-state index is 11.9. The van der Waals surface area contributed by atoms with Crippen LogP contribution < -0.4 is 11.1 Å². The molecule has 2 amide bonds. The molecule has 7 nitrogen and oxygen atoms in total. The van der Waals surface area contributed by atoms with Crippen molar-refractivity contribution in [3.8, 4) is 0 Å². The Labute approximate surface area is 117 Å². The highest BCUT2D eigenvalue weighted by Crippen LogP contribution is 2.03. The van der Waals surface area contributed by atoms with Crippen molar-refractivity contribution in [1.82, 2.24) is 15.2 Å². The molecule has 1 unspecified atom stereocenters. The van der Waals surface area contributed by atoms with Crippen LogP contribution in [0.5, 0.6) is 0 Å². The van der Waals surface area contributed by atoms with Crippen molar-refractivity contribution in [2.24, 2.45) is 5.73 Å². The summed E-state index contributed by atoms with van der Waals surface area (Å²) in [7, 11) is 2.02. The molecule has 2 rings (SSSR count). The number of carbonyl (C=O) groups excluding carboxylic acids is 2. The van der Waals surface area contributed by atoms with Crippen molar-refractivity contribution in [1.29, 1.82) is 0 Å². The van der Waals surface area contributed by atoms with Gasteiger partial charge >= 0.3 is 0 Å². The molecule has 1 aromatic rings. The van der Waals surface area contributed by atoms with E-state index in [1.807, 2.05) is 7.05 Å². The second-order valence-corrected chi connectivity index (χ2v) is 4.76. The molecule has 7 heteroatoms. The number of aromatic nitrogens is 1. The van der Waals surface area contributed by atoms with Gasteiger partial charge in [0.1, 0.15) is 5.69 Å². The van der Waals surface area contributed by atoms with E-state index in [0.29, 0.717) is 18.7 Å². The van der Waals surface area contributed by atoms with Crippen LogP contribution in [-0.4, -0.2) is 61.1 Å². The fraction of sp³-hybridized carbons (Fsp3) is 0.462. The fourth-order valence-corrected chi connectivity index (χ4v) is 1.97. The maximum atomic E-state index is 11.9. The van der Waals surface area contributed by atoms with Gasteiger partial charge in [0.05, 0.1) is 18.3 Å². The lowest BCUT2D eigenvalue weighted by atomic mass is 10.2. The van der Waals surface area contributed by atoms with Crippen LogP contribution in [0.25, 0.3) is 0 Å². The largest absolute Gasteiger partial charge is 0.374 e. The minimum atomic E-state index is -0.615. The molecule has 1 saturated heterocycles. The Bertz CT molecular complexity index is 489. The van der Waals surface area contributed by atoms with Crippen LogP contribution in [0.2, 0.25) is 0 Å². The van der Waals surface area contributed by atoms with Gasteiger partial charge in [-0.05, 0) is 19.2 Å². The van der Waals surface area contributed by atoms with E-state index in [9.17, 15) is 9.59 Å². The number of pyridine rings is 1. The molecular weight excluding hydrogens is 260 g/mol. The number of rotatable bonds is 4. The van der Waals surface area contributed by atoms with Gasteiger partial charge in [0.25, 0.3) is 11.8 Å². The quantitative estimate of drug-likeness (QED) is 0.754. The summed E-state index contributed by atoms with van der Waals surface area (Å²) in [6.45, 7) is 2.81. The van der Waals surface area contributed by atoms with E-state index >= 15 is 0 Å². The van der Waals surface area contributed by atoms with Crippen LogP contribution in [0.15, 0.2) is 18.3 Å². The molecule has 0 aromatic carbocycles. The van der Waals surface area contributed by atoms with Gasteiger partial charge in [-0.2, -0.15) is 0 Å². The van der Waals surface area contributed by atoms with Gasteiger partial charge in [-0.25, -0.2) is 0 Å². The summed E-state index contributed by atoms with van der Waals surface area (Å²) in [5.41, 5.74) is 5.61. The number of nitrogens with one attached hydrogen (secondary N) is 1. The third-order valence-electron chi connectivity index (χ3n) is 3.11. The molecule has 2 heterocycles. The summed E-state index contributed by atoms with van der Waals surface area (Å²) in [5.74, 6) is -0.860. The first-order valence-corrected chi connectivity index (χ1v) is 6.40. The van der Waals surface area contributed by atoms with E-state index in [0.717, 1.165) is 13.1 Å². The highest BCUT2D eigenvalue weighted by Gasteiger charge is 2.18. The highest BCUT2D eigenvalue weighted by molar-refractivity contribution is 5.95. The summed E-state index contributed by atoms with van der Waals surface area (Å²) in [6.07, 6.45) is 1.33. The van der Waals surface area contributed by atoms with Crippen molar-refractivity contribution in [3.05, 3.63) is 29.6 Å². The molecule has 3 N–H and O–H groups in total. The number of hydrogen-bond donors (Lipinski definition) is 2. The number of primary amides is 1. The third kappa shape index (κ3) is 3.75. The number of hydrogen-bond acceptors (Lipinski definition) is 5. The van der Waals surface area contributed by atoms with Crippen LogP contribution in [-0.2, 0) is 4.74 Å². The van der Waals surface area contributed by atoms with Gasteiger partial charge in [0.15, 0.2) is 0 Å². The van der Waals surface area contributed by atoms with Gasteiger partial charge in [0.2, 0.25) is 0 Å². The van der Waals surface area contributed by atoms with E-state index in [4.69, 9.17) is 10.5 Å². The van der Waals surface area contributed by atoms with Crippen LogP contribution in [0.4, 0.5) is 0 Å². The number of amides is 2. The van der Waals surface area contributed by atoms with Crippen molar-refractivity contribution in [2.75, 3.05) is 33.3 Å². The standard InChI is InChI=1S/C13H18N4O3/c1-17-4-5-20-10(8-17)7-16-13(19)9-2-3-11(12(14)18)15-6-9/h2-3,6,10H,4-5,7-8H2,1H3,(H2,14,18)(H,16,19). The lowest BCUT2D eigenvalue weighted by Gasteiger charge is -2.30. The van der Waals surface area contributed by atoms with E-state index < -0.39 is 5.91 Å². The molecule has 1 aliphatic rings. The Morgan fingerprint density at radius 2 is 2.35 bits per heavy atom. The Balaban J connectivity index is 1.86. The molecule has 0 radical (unpaired) electrons. The van der Waals surface area contributed by atoms with E-state index in [1.165, 1.54) is 18.3 Å². The van der Waals surface area contributed by atoms with Gasteiger partial charge in [0, 0.05) is 25.8 Å². The zero-order chi connectivity index (χ0) is 14.5. The molecule has 1 atom stereocenters. The molecule has 0 aliphatic carbocycles. The zero-order valence-corrected chi connectivity index (χ0v) is 11.3. The summed E-state index contributed by atoms with van der Waals surface area (Å²) in [5, 5.41) is 2.79. The average molecular weight is 278 g/mol. The van der Waals surface area contributed by atoms with Crippen molar-refractivity contribution in [3.63, 3.8) is 0 Å². The van der Waals surface area contributed by atoms with E-state index in [-0.39, 0.29) is 17.7 Å². The van der Waals surface area contributed by atoms with Crippen LogP contribution >= 0.6 is 0 Å². The molecule has 0 saturated carbocycles. The topological polar surface area (TPSA) is 97.5 Å². The number of carbonyl (C=O) groups is 2. The Kier molecular flexibility index (Phi) is 4.65. The summed E-state index contributed by atoms with van der Waals surface area (Å²) >= 11 is 0. The van der Waals surface area contributed by atoms with Gasteiger partial charge in [-0.15, -0.1) is 0 Å². The predicted molar refractivity (Wildman–Crippen MR) is 72.3 cm³/mol. The first-order valence-electron chi connectivity index (χ1n) is 6.40. The van der Waals surface area contributed by atoms with Crippen LogP contribution in [0.3, 0.4) is 0 Å². The molecule has 0 spiro atoms. The van der Waals surface area contributed by atoms with Crippen molar-refractivity contribution in [2.45, 2.75) is 6.10 Å². The Hall–Kier alpha value is -1.99. The number of likely N-dealkylation sites (N-methyl/N-ethyl adjacent to an activating group) is 1. The molecule has 108 valence electrons. The second kappa shape index (κ2) is 6.44. The van der Waals surface area contributed by atoms with Gasteiger partial charge in [-0.1, -0.05) is 0 Å². The minimum Gasteiger partial charge on any atom is -0.374 e. The second-order valence-electron chi connectivity index (χ2n) is 4.76. The minimum absolute atomic E-state index is 0.00412. The number of nitrogens with zero attached hydrogens (tertiary/aromatic N) is 2. The molecule has 20 heavy (non-hydrogen) atoms. The van der Waals surface area contributed by atoms with Gasteiger partial charge in [-0.3, -0.25) is 14.6 Å². The van der Waals surface area contributed by atoms with Crippen molar-refractivity contribution < 1.29 is 14.3 Å². The number of morpholine rings is 1. The monoisotopic (exact) mass is 278 g/mol.